The summed E-state index contributed by atoms with van der Waals surface area (Å²) in [5.74, 6) is 0.567. The van der Waals surface area contributed by atoms with Crippen molar-refractivity contribution in [1.29, 1.82) is 0 Å². The summed E-state index contributed by atoms with van der Waals surface area (Å²) in [6.45, 7) is 1.90. The number of methoxy groups -OCH3 is 1. The highest BCUT2D eigenvalue weighted by Crippen LogP contribution is 2.30. The molecule has 0 saturated heterocycles. The van der Waals surface area contributed by atoms with Crippen LogP contribution in [0, 0.1) is 0 Å². The van der Waals surface area contributed by atoms with Crippen molar-refractivity contribution < 1.29 is 14.3 Å². The first-order valence-electron chi connectivity index (χ1n) is 9.32. The molecule has 29 heavy (non-hydrogen) atoms. The van der Waals surface area contributed by atoms with E-state index in [-0.39, 0.29) is 18.2 Å². The average Bonchev–Trinajstić information content (AvgIpc) is 3.02. The van der Waals surface area contributed by atoms with E-state index in [4.69, 9.17) is 9.73 Å². The molecule has 6 nitrogen and oxygen atoms in total. The Morgan fingerprint density at radius 2 is 1.86 bits per heavy atom. The van der Waals surface area contributed by atoms with Crippen molar-refractivity contribution in [2.24, 2.45) is 4.99 Å². The van der Waals surface area contributed by atoms with Crippen LogP contribution in [0.3, 0.4) is 0 Å². The van der Waals surface area contributed by atoms with Gasteiger partial charge in [0.05, 0.1) is 7.11 Å². The van der Waals surface area contributed by atoms with E-state index in [0.717, 1.165) is 11.1 Å². The molecule has 0 aromatic heterocycles. The van der Waals surface area contributed by atoms with Gasteiger partial charge < -0.3 is 10.1 Å². The second-order valence-corrected chi connectivity index (χ2v) is 7.01. The van der Waals surface area contributed by atoms with Crippen molar-refractivity contribution in [3.8, 4) is 5.75 Å². The fourth-order valence-electron chi connectivity index (χ4n) is 3.48. The third kappa shape index (κ3) is 3.45. The van der Waals surface area contributed by atoms with Crippen LogP contribution in [-0.2, 0) is 11.2 Å². The summed E-state index contributed by atoms with van der Waals surface area (Å²) >= 11 is 0. The monoisotopic (exact) mass is 387 g/mol. The van der Waals surface area contributed by atoms with Gasteiger partial charge in [-0.3, -0.25) is 14.5 Å². The Morgan fingerprint density at radius 1 is 1.14 bits per heavy atom. The number of fused-ring (bicyclic) bond motifs is 1. The summed E-state index contributed by atoms with van der Waals surface area (Å²) in [5, 5.41) is 2.90. The Morgan fingerprint density at radius 3 is 2.52 bits per heavy atom. The van der Waals surface area contributed by atoms with Gasteiger partial charge in [-0.05, 0) is 48.4 Å². The predicted molar refractivity (Wildman–Crippen MR) is 111 cm³/mol. The molecule has 0 spiro atoms. The maximum Gasteiger partial charge on any atom is 0.281 e. The predicted octanol–water partition coefficient (Wildman–Crippen LogP) is 3.08. The third-order valence-corrected chi connectivity index (χ3v) is 5.01. The van der Waals surface area contributed by atoms with E-state index in [9.17, 15) is 9.59 Å². The molecule has 4 rings (SSSR count). The minimum Gasteiger partial charge on any atom is -0.497 e. The molecule has 1 unspecified atom stereocenters. The number of nitrogens with one attached hydrogen (secondary N) is 1. The highest BCUT2D eigenvalue weighted by molar-refractivity contribution is 6.17. The molecule has 0 aliphatic carbocycles. The molecule has 2 amide bonds. The molecule has 0 radical (unpaired) electrons. The van der Waals surface area contributed by atoms with Gasteiger partial charge in [0.15, 0.2) is 0 Å². The van der Waals surface area contributed by atoms with Gasteiger partial charge in [0.2, 0.25) is 5.66 Å². The number of aliphatic imine (C=N–C) groups is 1. The Balaban J connectivity index is 1.71. The first-order valence-corrected chi connectivity index (χ1v) is 9.32. The quantitative estimate of drug-likeness (QED) is 0.857. The summed E-state index contributed by atoms with van der Waals surface area (Å²) < 4.78 is 5.15. The van der Waals surface area contributed by atoms with E-state index in [1.165, 1.54) is 4.90 Å². The highest BCUT2D eigenvalue weighted by atomic mass is 16.5. The van der Waals surface area contributed by atoms with Crippen molar-refractivity contribution in [3.05, 3.63) is 89.6 Å². The first kappa shape index (κ1) is 18.7. The van der Waals surface area contributed by atoms with Crippen molar-refractivity contribution in [1.82, 2.24) is 10.2 Å². The van der Waals surface area contributed by atoms with Gasteiger partial charge in [0.1, 0.15) is 11.6 Å². The number of carbonyl (C=O) groups is 2. The van der Waals surface area contributed by atoms with Crippen molar-refractivity contribution in [3.63, 3.8) is 0 Å². The summed E-state index contributed by atoms with van der Waals surface area (Å²) in [5.41, 5.74) is 0.802. The van der Waals surface area contributed by atoms with Crippen LogP contribution in [0.5, 0.6) is 5.75 Å². The maximum absolute atomic E-state index is 13.4. The van der Waals surface area contributed by atoms with Gasteiger partial charge in [-0.15, -0.1) is 0 Å². The van der Waals surface area contributed by atoms with Crippen LogP contribution < -0.4 is 10.1 Å². The van der Waals surface area contributed by atoms with Crippen LogP contribution >= 0.6 is 0 Å². The number of allylic oxidation sites excluding steroid dienone is 2. The Labute approximate surface area is 169 Å². The molecule has 146 valence electrons. The first-order chi connectivity index (χ1) is 14.0. The molecule has 2 heterocycles. The van der Waals surface area contributed by atoms with Crippen LogP contribution in [0.4, 0.5) is 0 Å². The molecule has 2 aromatic carbocycles. The van der Waals surface area contributed by atoms with E-state index < -0.39 is 5.66 Å². The van der Waals surface area contributed by atoms with Gasteiger partial charge in [-0.2, -0.15) is 0 Å². The van der Waals surface area contributed by atoms with Gasteiger partial charge >= 0.3 is 0 Å². The second-order valence-electron chi connectivity index (χ2n) is 7.01. The number of benzene rings is 2. The minimum absolute atomic E-state index is 0.260. The van der Waals surface area contributed by atoms with Crippen LogP contribution in [-0.4, -0.2) is 35.3 Å². The zero-order valence-electron chi connectivity index (χ0n) is 16.3. The number of amidine groups is 1. The summed E-state index contributed by atoms with van der Waals surface area (Å²) in [6, 6.07) is 16.3. The summed E-state index contributed by atoms with van der Waals surface area (Å²) in [7, 11) is 1.57. The number of carbonyl (C=O) groups excluding carboxylic acids is 2. The van der Waals surface area contributed by atoms with Gasteiger partial charge in [0, 0.05) is 18.2 Å². The average molecular weight is 387 g/mol. The smallest absolute Gasteiger partial charge is 0.281 e. The number of amides is 2. The van der Waals surface area contributed by atoms with Gasteiger partial charge in [-0.1, -0.05) is 36.4 Å². The van der Waals surface area contributed by atoms with E-state index in [1.54, 1.807) is 43.7 Å². The van der Waals surface area contributed by atoms with Crippen molar-refractivity contribution in [2.45, 2.75) is 19.0 Å². The number of rotatable bonds is 5. The zero-order valence-corrected chi connectivity index (χ0v) is 16.3. The molecule has 0 saturated carbocycles. The van der Waals surface area contributed by atoms with Crippen molar-refractivity contribution in [2.75, 3.05) is 7.11 Å². The molecular weight excluding hydrogens is 366 g/mol. The molecule has 2 aliphatic heterocycles. The molecule has 6 heteroatoms. The van der Waals surface area contributed by atoms with Gasteiger partial charge in [0.25, 0.3) is 11.8 Å². The Hall–Kier alpha value is -3.67. The third-order valence-electron chi connectivity index (χ3n) is 5.01. The number of hydrogen-bond donors (Lipinski definition) is 1. The standard InChI is InChI=1S/C23H21N3O3/c1-16-7-6-14-26-20(16)24-23(22(26)28,15-17-8-4-3-5-9-17)25-21(27)18-10-12-19(29-2)13-11-18/h3-14H,15H2,1-2H3,(H,25,27). The van der Waals surface area contributed by atoms with Crippen LogP contribution in [0.1, 0.15) is 22.8 Å². The van der Waals surface area contributed by atoms with Crippen LogP contribution in [0.15, 0.2) is 83.5 Å². The lowest BCUT2D eigenvalue weighted by molar-refractivity contribution is -0.130. The van der Waals surface area contributed by atoms with E-state index in [1.807, 2.05) is 43.3 Å². The molecule has 2 aromatic rings. The van der Waals surface area contributed by atoms with E-state index in [2.05, 4.69) is 5.32 Å². The van der Waals surface area contributed by atoms with Crippen LogP contribution in [0.25, 0.3) is 0 Å². The largest absolute Gasteiger partial charge is 0.497 e. The summed E-state index contributed by atoms with van der Waals surface area (Å²) in [4.78, 5) is 32.6. The van der Waals surface area contributed by atoms with Gasteiger partial charge in [-0.25, -0.2) is 4.99 Å². The molecule has 0 fully saturated rings. The van der Waals surface area contributed by atoms with E-state index >= 15 is 0 Å². The SMILES string of the molecule is COc1ccc(C(=O)NC2(Cc3ccccc3)N=C3C(C)=CC=CN3C2=O)cc1. The fourth-order valence-corrected chi connectivity index (χ4v) is 3.48. The normalized spacial score (nSPS) is 20.1. The molecule has 1 atom stereocenters. The highest BCUT2D eigenvalue weighted by Gasteiger charge is 2.49. The fraction of sp³-hybridized carbons (Fsp3) is 0.174. The number of nitrogens with zero attached hydrogens (tertiary/aromatic N) is 2. The Kier molecular flexibility index (Phi) is 4.76. The zero-order chi connectivity index (χ0) is 20.4. The minimum atomic E-state index is -1.41. The molecule has 1 N–H and O–H groups in total. The second kappa shape index (κ2) is 7.39. The Bertz CT molecular complexity index is 1040. The lowest BCUT2D eigenvalue weighted by Gasteiger charge is -2.27. The lowest BCUT2D eigenvalue weighted by atomic mass is 9.98. The van der Waals surface area contributed by atoms with E-state index in [0.29, 0.717) is 17.1 Å². The summed E-state index contributed by atoms with van der Waals surface area (Å²) in [6.07, 6.45) is 5.64. The number of hydrogen-bond acceptors (Lipinski definition) is 4. The van der Waals surface area contributed by atoms with Crippen LogP contribution in [0.2, 0.25) is 0 Å². The molecule has 0 bridgehead atoms. The number of ether oxygens (including phenoxy) is 1. The maximum atomic E-state index is 13.4. The molecular formula is C23H21N3O3. The molecule has 2 aliphatic rings. The lowest BCUT2D eigenvalue weighted by Crippen LogP contribution is -2.55. The van der Waals surface area contributed by atoms with Crippen molar-refractivity contribution >= 4 is 17.6 Å². The topological polar surface area (TPSA) is 71.0 Å².